The fourth-order valence-corrected chi connectivity index (χ4v) is 3.34. The van der Waals surface area contributed by atoms with Crippen molar-refractivity contribution in [1.29, 1.82) is 0 Å². The Bertz CT molecular complexity index is 628. The van der Waals surface area contributed by atoms with Gasteiger partial charge in [-0.15, -0.1) is 0 Å². The van der Waals surface area contributed by atoms with E-state index >= 15 is 0 Å². The summed E-state index contributed by atoms with van der Waals surface area (Å²) in [6, 6.07) is 7.97. The third-order valence-corrected chi connectivity index (χ3v) is 4.34. The van der Waals surface area contributed by atoms with Crippen molar-refractivity contribution < 1.29 is 13.0 Å². The predicted molar refractivity (Wildman–Crippen MR) is 75.0 cm³/mol. The zero-order valence-electron chi connectivity index (χ0n) is 9.70. The van der Waals surface area contributed by atoms with E-state index in [4.69, 9.17) is 5.73 Å². The van der Waals surface area contributed by atoms with Gasteiger partial charge in [0.15, 0.2) is 0 Å². The molecule has 0 saturated carbocycles. The fourth-order valence-electron chi connectivity index (χ4n) is 1.63. The van der Waals surface area contributed by atoms with Crippen LogP contribution in [0.1, 0.15) is 5.56 Å². The Labute approximate surface area is 120 Å². The summed E-state index contributed by atoms with van der Waals surface area (Å²) in [5, 5.41) is 0. The van der Waals surface area contributed by atoms with Gasteiger partial charge in [0.25, 0.3) is 0 Å². The molecule has 0 aliphatic carbocycles. The number of hydrogen-bond donors (Lipinski definition) is 1. The molecular weight excluding hydrogens is 336 g/mol. The van der Waals surface area contributed by atoms with Gasteiger partial charge in [0.2, 0.25) is 0 Å². The molecule has 1 atom stereocenters. The highest BCUT2D eigenvalue weighted by molar-refractivity contribution is 9.10. The van der Waals surface area contributed by atoms with Gasteiger partial charge < -0.3 is 5.73 Å². The van der Waals surface area contributed by atoms with Gasteiger partial charge in [-0.25, -0.2) is 8.78 Å². The molecule has 0 heterocycles. The standard InChI is InChI=1S/C13H10BrF2NOS/c14-9-3-8(4-11(16)5-9)7-19(18)13-6-10(15)1-2-12(13)17/h1-6H,7,17H2. The van der Waals surface area contributed by atoms with Crippen LogP contribution < -0.4 is 5.73 Å². The number of anilines is 1. The summed E-state index contributed by atoms with van der Waals surface area (Å²) >= 11 is 3.16. The van der Waals surface area contributed by atoms with Crippen molar-refractivity contribution in [3.05, 3.63) is 58.1 Å². The number of hydrogen-bond acceptors (Lipinski definition) is 2. The Morgan fingerprint density at radius 1 is 1.11 bits per heavy atom. The van der Waals surface area contributed by atoms with E-state index in [0.29, 0.717) is 10.0 Å². The number of benzene rings is 2. The first-order chi connectivity index (χ1) is 8.95. The number of nitrogen functional groups attached to an aromatic ring is 1. The van der Waals surface area contributed by atoms with E-state index in [1.165, 1.54) is 24.3 Å². The highest BCUT2D eigenvalue weighted by atomic mass is 79.9. The summed E-state index contributed by atoms with van der Waals surface area (Å²) in [4.78, 5) is 0.223. The molecule has 2 nitrogen and oxygen atoms in total. The van der Waals surface area contributed by atoms with Crippen molar-refractivity contribution in [2.24, 2.45) is 0 Å². The third kappa shape index (κ3) is 3.61. The molecule has 2 N–H and O–H groups in total. The zero-order valence-corrected chi connectivity index (χ0v) is 12.1. The molecule has 0 fully saturated rings. The van der Waals surface area contributed by atoms with Crippen LogP contribution in [0.5, 0.6) is 0 Å². The quantitative estimate of drug-likeness (QED) is 0.863. The molecule has 0 saturated heterocycles. The minimum absolute atomic E-state index is 0.0734. The van der Waals surface area contributed by atoms with Gasteiger partial charge in [-0.05, 0) is 42.0 Å². The first-order valence-corrected chi connectivity index (χ1v) is 7.45. The molecule has 0 amide bonds. The van der Waals surface area contributed by atoms with Crippen LogP contribution in [0.3, 0.4) is 0 Å². The topological polar surface area (TPSA) is 43.1 Å². The molecule has 6 heteroatoms. The smallest absolute Gasteiger partial charge is 0.124 e. The molecule has 2 aromatic carbocycles. The first kappa shape index (κ1) is 14.1. The van der Waals surface area contributed by atoms with Crippen LogP contribution >= 0.6 is 15.9 Å². The zero-order chi connectivity index (χ0) is 14.0. The molecule has 100 valence electrons. The minimum atomic E-state index is -1.53. The Kier molecular flexibility index (Phi) is 4.31. The van der Waals surface area contributed by atoms with Gasteiger partial charge in [-0.3, -0.25) is 4.21 Å². The van der Waals surface area contributed by atoms with E-state index < -0.39 is 22.4 Å². The van der Waals surface area contributed by atoms with Gasteiger partial charge >= 0.3 is 0 Å². The summed E-state index contributed by atoms with van der Waals surface area (Å²) in [5.41, 5.74) is 6.47. The summed E-state index contributed by atoms with van der Waals surface area (Å²) in [6.07, 6.45) is 0. The first-order valence-electron chi connectivity index (χ1n) is 5.34. The minimum Gasteiger partial charge on any atom is -0.398 e. The van der Waals surface area contributed by atoms with Gasteiger partial charge in [-0.1, -0.05) is 15.9 Å². The van der Waals surface area contributed by atoms with E-state index in [-0.39, 0.29) is 16.3 Å². The van der Waals surface area contributed by atoms with Crippen LogP contribution in [0.2, 0.25) is 0 Å². The van der Waals surface area contributed by atoms with E-state index in [9.17, 15) is 13.0 Å². The highest BCUT2D eigenvalue weighted by Crippen LogP contribution is 2.22. The van der Waals surface area contributed by atoms with E-state index in [1.54, 1.807) is 6.07 Å². The molecule has 2 aromatic rings. The van der Waals surface area contributed by atoms with Gasteiger partial charge in [0.05, 0.1) is 21.4 Å². The lowest BCUT2D eigenvalue weighted by molar-refractivity contribution is 0.622. The Hall–Kier alpha value is -1.27. The molecular formula is C13H10BrF2NOS. The maximum atomic E-state index is 13.2. The van der Waals surface area contributed by atoms with Crippen LogP contribution in [0.25, 0.3) is 0 Å². The van der Waals surface area contributed by atoms with Crippen molar-refractivity contribution in [1.82, 2.24) is 0 Å². The molecule has 0 radical (unpaired) electrons. The Balaban J connectivity index is 2.28. The maximum absolute atomic E-state index is 13.2. The van der Waals surface area contributed by atoms with Gasteiger partial charge in [-0.2, -0.15) is 0 Å². The molecule has 1 unspecified atom stereocenters. The van der Waals surface area contributed by atoms with Crippen LogP contribution in [0.4, 0.5) is 14.5 Å². The van der Waals surface area contributed by atoms with Crippen molar-refractivity contribution in [2.75, 3.05) is 5.73 Å². The molecule has 0 aliphatic heterocycles. The lowest BCUT2D eigenvalue weighted by Crippen LogP contribution is -2.02. The second kappa shape index (κ2) is 5.79. The Morgan fingerprint density at radius 2 is 1.84 bits per heavy atom. The molecule has 0 bridgehead atoms. The molecule has 0 spiro atoms. The molecule has 2 rings (SSSR count). The number of nitrogens with two attached hydrogens (primary N) is 1. The Morgan fingerprint density at radius 3 is 2.53 bits per heavy atom. The summed E-state index contributed by atoms with van der Waals surface area (Å²) in [6.45, 7) is 0. The van der Waals surface area contributed by atoms with E-state index in [0.717, 1.165) is 6.07 Å². The van der Waals surface area contributed by atoms with Crippen molar-refractivity contribution >= 4 is 32.4 Å². The third-order valence-electron chi connectivity index (χ3n) is 2.44. The SMILES string of the molecule is Nc1ccc(F)cc1S(=O)Cc1cc(F)cc(Br)c1. The van der Waals surface area contributed by atoms with E-state index in [2.05, 4.69) is 15.9 Å². The maximum Gasteiger partial charge on any atom is 0.124 e. The lowest BCUT2D eigenvalue weighted by Gasteiger charge is -2.07. The van der Waals surface area contributed by atoms with E-state index in [1.807, 2.05) is 0 Å². The second-order valence-corrected chi connectivity index (χ2v) is 6.28. The van der Waals surface area contributed by atoms with Crippen LogP contribution in [-0.4, -0.2) is 4.21 Å². The molecule has 0 aliphatic rings. The van der Waals surface area contributed by atoms with Crippen molar-refractivity contribution in [3.63, 3.8) is 0 Å². The average molecular weight is 346 g/mol. The van der Waals surface area contributed by atoms with Gasteiger partial charge in [0.1, 0.15) is 11.6 Å². The van der Waals surface area contributed by atoms with Gasteiger partial charge in [0, 0.05) is 10.2 Å². The molecule has 0 aromatic heterocycles. The molecule has 19 heavy (non-hydrogen) atoms. The highest BCUT2D eigenvalue weighted by Gasteiger charge is 2.11. The van der Waals surface area contributed by atoms with Crippen molar-refractivity contribution in [3.8, 4) is 0 Å². The number of halogens is 3. The van der Waals surface area contributed by atoms with Crippen LogP contribution in [-0.2, 0) is 16.6 Å². The predicted octanol–water partition coefficient (Wildman–Crippen LogP) is 3.62. The summed E-state index contributed by atoms with van der Waals surface area (Å²) in [7, 11) is -1.53. The van der Waals surface area contributed by atoms with Crippen molar-refractivity contribution in [2.45, 2.75) is 10.6 Å². The second-order valence-electron chi connectivity index (χ2n) is 3.95. The number of rotatable bonds is 3. The lowest BCUT2D eigenvalue weighted by atomic mass is 10.2. The summed E-state index contributed by atoms with van der Waals surface area (Å²) in [5.74, 6) is -0.851. The largest absolute Gasteiger partial charge is 0.398 e. The monoisotopic (exact) mass is 345 g/mol. The normalized spacial score (nSPS) is 12.4. The van der Waals surface area contributed by atoms with Crippen LogP contribution in [0.15, 0.2) is 45.8 Å². The van der Waals surface area contributed by atoms with Crippen LogP contribution in [0, 0.1) is 11.6 Å². The fraction of sp³-hybridized carbons (Fsp3) is 0.0769. The average Bonchev–Trinajstić information content (AvgIpc) is 2.30. The summed E-state index contributed by atoms with van der Waals surface area (Å²) < 4.78 is 39.0.